The third kappa shape index (κ3) is 4.54. The average Bonchev–Trinajstić information content (AvgIpc) is 3.04. The molecule has 2 saturated heterocycles. The van der Waals surface area contributed by atoms with Crippen molar-refractivity contribution in [3.05, 3.63) is 35.4 Å². The fourth-order valence-electron chi connectivity index (χ4n) is 3.38. The first kappa shape index (κ1) is 19.5. The first-order valence-corrected chi connectivity index (χ1v) is 8.97. The molecule has 0 spiro atoms. The largest absolute Gasteiger partial charge is 0.448 e. The Morgan fingerprint density at radius 1 is 1.19 bits per heavy atom. The van der Waals surface area contributed by atoms with E-state index < -0.39 is 23.1 Å². The third-order valence-electron chi connectivity index (χ3n) is 4.88. The van der Waals surface area contributed by atoms with E-state index in [1.165, 1.54) is 11.0 Å². The van der Waals surface area contributed by atoms with Crippen molar-refractivity contribution in [2.24, 2.45) is 0 Å². The molecule has 1 aromatic rings. The zero-order chi connectivity index (χ0) is 19.4. The van der Waals surface area contributed by atoms with Crippen LogP contribution in [0.15, 0.2) is 18.2 Å². The van der Waals surface area contributed by atoms with Crippen molar-refractivity contribution >= 4 is 12.0 Å². The molecule has 148 valence electrons. The van der Waals surface area contributed by atoms with Crippen LogP contribution in [0, 0.1) is 11.6 Å². The van der Waals surface area contributed by atoms with Crippen LogP contribution in [-0.4, -0.2) is 71.8 Å². The van der Waals surface area contributed by atoms with Gasteiger partial charge in [-0.15, -0.1) is 0 Å². The Bertz CT molecular complexity index is 718. The van der Waals surface area contributed by atoms with Gasteiger partial charge in [-0.1, -0.05) is 6.07 Å². The summed E-state index contributed by atoms with van der Waals surface area (Å²) < 4.78 is 31.3. The number of aliphatic hydroxyl groups is 1. The molecule has 0 radical (unpaired) electrons. The standard InChI is InChI=1S/C18H23F2N3O4/c19-14-3-2-13(10-15(14)20)11-23-6-1-4-18(26,16(23)24)12-21-5-7-22-8-9-27-17(22)25/h2-3,10,21,26H,1,4-9,11-12H2. The SMILES string of the molecule is O=C1OCCN1CCNCC1(O)CCCN(Cc2ccc(F)c(F)c2)C1=O. The maximum atomic E-state index is 13.4. The summed E-state index contributed by atoms with van der Waals surface area (Å²) in [5.74, 6) is -2.34. The quantitative estimate of drug-likeness (QED) is 0.683. The van der Waals surface area contributed by atoms with Crippen LogP contribution >= 0.6 is 0 Å². The van der Waals surface area contributed by atoms with Gasteiger partial charge in [0.15, 0.2) is 17.2 Å². The lowest BCUT2D eigenvalue weighted by molar-refractivity contribution is -0.157. The number of halogens is 2. The topological polar surface area (TPSA) is 82.1 Å². The first-order chi connectivity index (χ1) is 12.9. The van der Waals surface area contributed by atoms with E-state index in [-0.39, 0.29) is 19.2 Å². The predicted molar refractivity (Wildman–Crippen MR) is 91.7 cm³/mol. The molecule has 2 heterocycles. The zero-order valence-electron chi connectivity index (χ0n) is 14.9. The zero-order valence-corrected chi connectivity index (χ0v) is 14.9. The molecule has 2 N–H and O–H groups in total. The van der Waals surface area contributed by atoms with E-state index in [0.29, 0.717) is 51.2 Å². The molecule has 9 heteroatoms. The second-order valence-electron chi connectivity index (χ2n) is 6.89. The number of benzene rings is 1. The Hall–Kier alpha value is -2.26. The highest BCUT2D eigenvalue weighted by Gasteiger charge is 2.41. The molecule has 2 aliphatic heterocycles. The molecule has 0 aliphatic carbocycles. The molecule has 2 fully saturated rings. The molecule has 2 aliphatic rings. The van der Waals surface area contributed by atoms with Gasteiger partial charge in [0.05, 0.1) is 6.54 Å². The number of carbonyl (C=O) groups is 2. The highest BCUT2D eigenvalue weighted by atomic mass is 19.2. The molecule has 3 rings (SSSR count). The molecule has 0 bridgehead atoms. The third-order valence-corrected chi connectivity index (χ3v) is 4.88. The summed E-state index contributed by atoms with van der Waals surface area (Å²) in [5, 5.41) is 13.8. The van der Waals surface area contributed by atoms with Gasteiger partial charge in [0.1, 0.15) is 6.61 Å². The van der Waals surface area contributed by atoms with Crippen LogP contribution in [0.2, 0.25) is 0 Å². The molecule has 1 atom stereocenters. The Labute approximate surface area is 155 Å². The molecule has 0 saturated carbocycles. The summed E-state index contributed by atoms with van der Waals surface area (Å²) in [6.45, 7) is 2.38. The van der Waals surface area contributed by atoms with Crippen molar-refractivity contribution in [1.82, 2.24) is 15.1 Å². The van der Waals surface area contributed by atoms with Crippen LogP contribution in [0.3, 0.4) is 0 Å². The minimum atomic E-state index is -1.55. The Kier molecular flexibility index (Phi) is 5.91. The maximum Gasteiger partial charge on any atom is 0.409 e. The van der Waals surface area contributed by atoms with Gasteiger partial charge in [0.25, 0.3) is 5.91 Å². The van der Waals surface area contributed by atoms with Crippen LogP contribution in [0.4, 0.5) is 13.6 Å². The van der Waals surface area contributed by atoms with Gasteiger partial charge in [0.2, 0.25) is 0 Å². The number of ether oxygens (including phenoxy) is 1. The van der Waals surface area contributed by atoms with E-state index in [1.807, 2.05) is 0 Å². The van der Waals surface area contributed by atoms with Gasteiger partial charge in [-0.3, -0.25) is 4.79 Å². The molecule has 1 unspecified atom stereocenters. The van der Waals surface area contributed by atoms with Crippen LogP contribution in [0.25, 0.3) is 0 Å². The number of nitrogens with one attached hydrogen (secondary N) is 1. The molecule has 7 nitrogen and oxygen atoms in total. The lowest BCUT2D eigenvalue weighted by Gasteiger charge is -2.38. The Balaban J connectivity index is 1.52. The van der Waals surface area contributed by atoms with Crippen molar-refractivity contribution in [3.63, 3.8) is 0 Å². The van der Waals surface area contributed by atoms with Crippen molar-refractivity contribution in [2.75, 3.05) is 39.3 Å². The van der Waals surface area contributed by atoms with Crippen LogP contribution in [0.1, 0.15) is 18.4 Å². The highest BCUT2D eigenvalue weighted by molar-refractivity contribution is 5.86. The minimum Gasteiger partial charge on any atom is -0.448 e. The van der Waals surface area contributed by atoms with Crippen molar-refractivity contribution < 1.29 is 28.2 Å². The van der Waals surface area contributed by atoms with Crippen molar-refractivity contribution in [2.45, 2.75) is 25.0 Å². The fourth-order valence-corrected chi connectivity index (χ4v) is 3.38. The number of hydrogen-bond donors (Lipinski definition) is 2. The van der Waals surface area contributed by atoms with Crippen molar-refractivity contribution in [1.29, 1.82) is 0 Å². The molecule has 0 aromatic heterocycles. The lowest BCUT2D eigenvalue weighted by atomic mass is 9.91. The summed E-state index contributed by atoms with van der Waals surface area (Å²) in [4.78, 5) is 27.1. The van der Waals surface area contributed by atoms with E-state index >= 15 is 0 Å². The number of rotatable bonds is 7. The number of carbonyl (C=O) groups excluding carboxylic acids is 2. The Morgan fingerprint density at radius 3 is 2.70 bits per heavy atom. The summed E-state index contributed by atoms with van der Waals surface area (Å²) in [7, 11) is 0. The summed E-state index contributed by atoms with van der Waals surface area (Å²) >= 11 is 0. The number of likely N-dealkylation sites (tertiary alicyclic amines) is 1. The molecular formula is C18H23F2N3O4. The number of amides is 2. The maximum absolute atomic E-state index is 13.4. The van der Waals surface area contributed by atoms with E-state index in [9.17, 15) is 23.5 Å². The minimum absolute atomic E-state index is 0.0585. The van der Waals surface area contributed by atoms with Gasteiger partial charge in [-0.05, 0) is 30.5 Å². The average molecular weight is 383 g/mol. The van der Waals surface area contributed by atoms with E-state index in [2.05, 4.69) is 5.32 Å². The molecule has 2 amide bonds. The van der Waals surface area contributed by atoms with Gasteiger partial charge in [-0.25, -0.2) is 13.6 Å². The molecule has 27 heavy (non-hydrogen) atoms. The van der Waals surface area contributed by atoms with Crippen LogP contribution in [0.5, 0.6) is 0 Å². The summed E-state index contributed by atoms with van der Waals surface area (Å²) in [6, 6.07) is 3.51. The smallest absolute Gasteiger partial charge is 0.409 e. The number of cyclic esters (lactones) is 1. The van der Waals surface area contributed by atoms with Gasteiger partial charge in [0, 0.05) is 32.7 Å². The molecule has 1 aromatic carbocycles. The van der Waals surface area contributed by atoms with E-state index in [1.54, 1.807) is 4.90 Å². The van der Waals surface area contributed by atoms with E-state index in [0.717, 1.165) is 12.1 Å². The number of hydrogen-bond acceptors (Lipinski definition) is 5. The predicted octanol–water partition coefficient (Wildman–Crippen LogP) is 0.860. The van der Waals surface area contributed by atoms with Gasteiger partial charge < -0.3 is 25.0 Å². The Morgan fingerprint density at radius 2 is 2.00 bits per heavy atom. The van der Waals surface area contributed by atoms with E-state index in [4.69, 9.17) is 4.74 Å². The monoisotopic (exact) mass is 383 g/mol. The summed E-state index contributed by atoms with van der Waals surface area (Å²) in [5.41, 5.74) is -1.09. The normalized spacial score (nSPS) is 23.1. The highest BCUT2D eigenvalue weighted by Crippen LogP contribution is 2.24. The van der Waals surface area contributed by atoms with Gasteiger partial charge in [-0.2, -0.15) is 0 Å². The number of piperidine rings is 1. The van der Waals surface area contributed by atoms with Gasteiger partial charge >= 0.3 is 6.09 Å². The first-order valence-electron chi connectivity index (χ1n) is 8.97. The summed E-state index contributed by atoms with van der Waals surface area (Å²) in [6.07, 6.45) is 0.562. The second-order valence-corrected chi connectivity index (χ2v) is 6.89. The fraction of sp³-hybridized carbons (Fsp3) is 0.556. The second kappa shape index (κ2) is 8.18. The van der Waals surface area contributed by atoms with Crippen molar-refractivity contribution in [3.8, 4) is 0 Å². The van der Waals surface area contributed by atoms with Crippen LogP contribution < -0.4 is 5.32 Å². The molecular weight excluding hydrogens is 360 g/mol. The number of nitrogens with zero attached hydrogens (tertiary/aromatic N) is 2. The van der Waals surface area contributed by atoms with Crippen LogP contribution in [-0.2, 0) is 16.1 Å². The lowest BCUT2D eigenvalue weighted by Crippen LogP contribution is -2.58.